The highest BCUT2D eigenvalue weighted by Crippen LogP contribution is 2.27. The molecule has 1 aromatic carbocycles. The fourth-order valence-electron chi connectivity index (χ4n) is 3.29. The lowest BCUT2D eigenvalue weighted by Crippen LogP contribution is -2.21. The predicted molar refractivity (Wildman–Crippen MR) is 89.5 cm³/mol. The summed E-state index contributed by atoms with van der Waals surface area (Å²) in [5.41, 5.74) is 2.39. The summed E-state index contributed by atoms with van der Waals surface area (Å²) < 4.78 is 7.17. The molecule has 1 atom stereocenters. The first-order chi connectivity index (χ1) is 11.6. The van der Waals surface area contributed by atoms with Gasteiger partial charge in [-0.2, -0.15) is 0 Å². The highest BCUT2D eigenvalue weighted by Gasteiger charge is 2.26. The Labute approximate surface area is 140 Å². The first-order valence-electron chi connectivity index (χ1n) is 8.23. The predicted octanol–water partition coefficient (Wildman–Crippen LogP) is 3.48. The Morgan fingerprint density at radius 2 is 2.04 bits per heavy atom. The van der Waals surface area contributed by atoms with E-state index in [0.717, 1.165) is 12.0 Å². The summed E-state index contributed by atoms with van der Waals surface area (Å²) in [5.74, 6) is -0.891. The van der Waals surface area contributed by atoms with Gasteiger partial charge in [0.15, 0.2) is 5.78 Å². The molecule has 1 aromatic heterocycles. The molecule has 5 nitrogen and oxygen atoms in total. The van der Waals surface area contributed by atoms with Crippen LogP contribution in [0.25, 0.3) is 0 Å². The van der Waals surface area contributed by atoms with Gasteiger partial charge in [0.05, 0.1) is 30.2 Å². The average molecular weight is 327 g/mol. The Kier molecular flexibility index (Phi) is 4.81. The quantitative estimate of drug-likeness (QED) is 0.825. The summed E-state index contributed by atoms with van der Waals surface area (Å²) in [6.45, 7) is 3.32. The molecule has 24 heavy (non-hydrogen) atoms. The van der Waals surface area contributed by atoms with Crippen molar-refractivity contribution in [1.82, 2.24) is 4.57 Å². The van der Waals surface area contributed by atoms with E-state index in [1.165, 1.54) is 6.07 Å². The number of aromatic nitrogens is 1. The smallest absolute Gasteiger partial charge is 0.337 e. The largest absolute Gasteiger partial charge is 0.478 e. The van der Waals surface area contributed by atoms with Crippen molar-refractivity contribution in [3.05, 3.63) is 58.9 Å². The molecule has 1 aliphatic rings. The van der Waals surface area contributed by atoms with Crippen LogP contribution >= 0.6 is 0 Å². The number of nitrogens with zero attached hydrogens (tertiary/aromatic N) is 1. The molecule has 0 radical (unpaired) electrons. The summed E-state index contributed by atoms with van der Waals surface area (Å²) in [6, 6.07) is 11.5. The normalized spacial score (nSPS) is 14.9. The summed E-state index contributed by atoms with van der Waals surface area (Å²) in [5, 5.41) is 9.36. The zero-order valence-corrected chi connectivity index (χ0v) is 13.7. The topological polar surface area (TPSA) is 68.5 Å². The van der Waals surface area contributed by atoms with Crippen molar-refractivity contribution in [3.8, 4) is 0 Å². The second-order valence-electron chi connectivity index (χ2n) is 6.04. The van der Waals surface area contributed by atoms with Crippen LogP contribution in [-0.2, 0) is 17.9 Å². The number of carbonyl (C=O) groups excluding carboxylic acids is 1. The molecule has 2 heterocycles. The van der Waals surface area contributed by atoms with Crippen molar-refractivity contribution in [2.45, 2.75) is 38.8 Å². The first-order valence-corrected chi connectivity index (χ1v) is 8.23. The molecule has 1 aliphatic heterocycles. The van der Waals surface area contributed by atoms with Crippen molar-refractivity contribution in [1.29, 1.82) is 0 Å². The molecule has 126 valence electrons. The minimum Gasteiger partial charge on any atom is -0.478 e. The minimum atomic E-state index is -1.02. The fraction of sp³-hybridized carbons (Fsp3) is 0.368. The maximum absolute atomic E-state index is 12.8. The third-order valence-corrected chi connectivity index (χ3v) is 4.62. The third-order valence-electron chi connectivity index (χ3n) is 4.62. The van der Waals surface area contributed by atoms with Gasteiger partial charge in [-0.15, -0.1) is 0 Å². The molecule has 0 spiro atoms. The van der Waals surface area contributed by atoms with Gasteiger partial charge < -0.3 is 14.4 Å². The molecule has 0 fully saturated rings. The molecule has 0 unspecified atom stereocenters. The monoisotopic (exact) mass is 327 g/mol. The molecular formula is C19H21NO4. The summed E-state index contributed by atoms with van der Waals surface area (Å²) in [6.07, 6.45) is 1.24. The Morgan fingerprint density at radius 3 is 2.71 bits per heavy atom. The molecule has 0 aliphatic carbocycles. The number of fused-ring (bicyclic) bond motifs is 1. The summed E-state index contributed by atoms with van der Waals surface area (Å²) >= 11 is 0. The second kappa shape index (κ2) is 7.01. The molecule has 0 amide bonds. The van der Waals surface area contributed by atoms with Crippen LogP contribution in [0.4, 0.5) is 0 Å². The molecule has 0 saturated heterocycles. The lowest BCUT2D eigenvalue weighted by molar-refractivity contribution is 0.0657. The number of benzene rings is 1. The van der Waals surface area contributed by atoms with Crippen LogP contribution < -0.4 is 0 Å². The molecule has 3 rings (SSSR count). The maximum atomic E-state index is 12.8. The van der Waals surface area contributed by atoms with Crippen LogP contribution in [0.15, 0.2) is 36.4 Å². The third kappa shape index (κ3) is 3.12. The number of carboxylic acids is 1. The number of carboxylic acid groups (broad SMARTS) is 1. The van der Waals surface area contributed by atoms with E-state index < -0.39 is 5.97 Å². The van der Waals surface area contributed by atoms with Crippen LogP contribution in [0.1, 0.15) is 57.8 Å². The van der Waals surface area contributed by atoms with E-state index in [-0.39, 0.29) is 23.9 Å². The Hall–Kier alpha value is -2.40. The van der Waals surface area contributed by atoms with E-state index in [1.807, 2.05) is 34.9 Å². The lowest BCUT2D eigenvalue weighted by Gasteiger charge is -2.20. The zero-order valence-electron chi connectivity index (χ0n) is 13.7. The molecule has 1 N–H and O–H groups in total. The van der Waals surface area contributed by atoms with Gasteiger partial charge in [-0.25, -0.2) is 4.79 Å². The first kappa shape index (κ1) is 16.5. The average Bonchev–Trinajstić information content (AvgIpc) is 3.00. The van der Waals surface area contributed by atoms with E-state index in [1.54, 1.807) is 0 Å². The lowest BCUT2D eigenvalue weighted by atomic mass is 9.90. The van der Waals surface area contributed by atoms with Gasteiger partial charge in [-0.3, -0.25) is 4.79 Å². The van der Waals surface area contributed by atoms with Crippen LogP contribution in [-0.4, -0.2) is 28.0 Å². The minimum absolute atomic E-state index is 0.0126. The van der Waals surface area contributed by atoms with Crippen LogP contribution in [0, 0.1) is 0 Å². The van der Waals surface area contributed by atoms with E-state index in [9.17, 15) is 14.7 Å². The van der Waals surface area contributed by atoms with Crippen LogP contribution in [0.2, 0.25) is 0 Å². The Bertz CT molecular complexity index is 748. The van der Waals surface area contributed by atoms with Crippen molar-refractivity contribution >= 4 is 11.8 Å². The van der Waals surface area contributed by atoms with Gasteiger partial charge in [0.2, 0.25) is 0 Å². The molecule has 0 bridgehead atoms. The number of hydrogen-bond donors (Lipinski definition) is 1. The SMILES string of the molecule is CC[C@H](CC(=O)c1cc(C(=O)O)c2n1CCOC2)c1ccccc1. The van der Waals surface area contributed by atoms with Gasteiger partial charge in [-0.05, 0) is 24.0 Å². The standard InChI is InChI=1S/C19H21NO4/c1-2-13(14-6-4-3-5-7-14)10-18(21)16-11-15(19(22)23)17-12-24-9-8-20(16)17/h3-7,11,13H,2,8-10,12H2,1H3,(H,22,23)/t13-/m1/s1. The number of rotatable bonds is 6. The fourth-order valence-corrected chi connectivity index (χ4v) is 3.29. The van der Waals surface area contributed by atoms with Crippen LogP contribution in [0.5, 0.6) is 0 Å². The Morgan fingerprint density at radius 1 is 1.29 bits per heavy atom. The highest BCUT2D eigenvalue weighted by atomic mass is 16.5. The number of ketones is 1. The van der Waals surface area contributed by atoms with Gasteiger partial charge in [0.25, 0.3) is 0 Å². The van der Waals surface area contributed by atoms with Gasteiger partial charge in [0, 0.05) is 13.0 Å². The second-order valence-corrected chi connectivity index (χ2v) is 6.04. The van der Waals surface area contributed by atoms with E-state index in [4.69, 9.17) is 4.74 Å². The maximum Gasteiger partial charge on any atom is 0.337 e. The number of aromatic carboxylic acids is 1. The highest BCUT2D eigenvalue weighted by molar-refractivity contribution is 5.99. The van der Waals surface area contributed by atoms with E-state index in [0.29, 0.717) is 31.0 Å². The van der Waals surface area contributed by atoms with Crippen molar-refractivity contribution in [2.75, 3.05) is 6.61 Å². The Balaban J connectivity index is 1.88. The van der Waals surface area contributed by atoms with Crippen LogP contribution in [0.3, 0.4) is 0 Å². The molecule has 2 aromatic rings. The van der Waals surface area contributed by atoms with E-state index in [2.05, 4.69) is 6.92 Å². The van der Waals surface area contributed by atoms with Gasteiger partial charge in [0.1, 0.15) is 0 Å². The number of ether oxygens (including phenoxy) is 1. The van der Waals surface area contributed by atoms with E-state index >= 15 is 0 Å². The molecular weight excluding hydrogens is 306 g/mol. The summed E-state index contributed by atoms with van der Waals surface area (Å²) in [4.78, 5) is 24.3. The van der Waals surface area contributed by atoms with Crippen molar-refractivity contribution < 1.29 is 19.4 Å². The number of hydrogen-bond acceptors (Lipinski definition) is 3. The number of Topliss-reactive ketones (excluding diaryl/α,β-unsaturated/α-hetero) is 1. The molecule has 0 saturated carbocycles. The zero-order chi connectivity index (χ0) is 17.1. The molecule has 5 heteroatoms. The van der Waals surface area contributed by atoms with Crippen molar-refractivity contribution in [2.24, 2.45) is 0 Å². The van der Waals surface area contributed by atoms with Gasteiger partial charge in [-0.1, -0.05) is 37.3 Å². The van der Waals surface area contributed by atoms with Crippen molar-refractivity contribution in [3.63, 3.8) is 0 Å². The number of carbonyl (C=O) groups is 2. The summed E-state index contributed by atoms with van der Waals surface area (Å²) in [7, 11) is 0. The van der Waals surface area contributed by atoms with Gasteiger partial charge >= 0.3 is 5.97 Å².